The maximum Gasteiger partial charge on any atom is 0.119 e. The second-order valence-corrected chi connectivity index (χ2v) is 3.61. The van der Waals surface area contributed by atoms with Gasteiger partial charge in [0.2, 0.25) is 0 Å². The van der Waals surface area contributed by atoms with E-state index in [1.165, 1.54) is 11.8 Å². The summed E-state index contributed by atoms with van der Waals surface area (Å²) in [5.74, 6) is 0.526. The minimum atomic E-state index is -0.494. The quantitative estimate of drug-likeness (QED) is 0.598. The standard InChI is InChI=1S/C8H13N3OS/c9-4-6(12)5-13-8-7(10)2-1-3-11-8/h1-3,6,12H,4-5,9-10H2. The highest BCUT2D eigenvalue weighted by atomic mass is 32.2. The minimum absolute atomic E-state index is 0.264. The fourth-order valence-electron chi connectivity index (χ4n) is 0.767. The van der Waals surface area contributed by atoms with Gasteiger partial charge in [0.15, 0.2) is 0 Å². The fourth-order valence-corrected chi connectivity index (χ4v) is 1.62. The molecule has 0 radical (unpaired) electrons. The smallest absolute Gasteiger partial charge is 0.119 e. The van der Waals surface area contributed by atoms with Crippen LogP contribution in [0.2, 0.25) is 0 Å². The molecule has 1 atom stereocenters. The van der Waals surface area contributed by atoms with Gasteiger partial charge in [-0.3, -0.25) is 0 Å². The molecule has 0 aliphatic rings. The maximum atomic E-state index is 9.20. The average Bonchev–Trinajstić information content (AvgIpc) is 2.16. The van der Waals surface area contributed by atoms with Crippen molar-refractivity contribution < 1.29 is 5.11 Å². The third-order valence-electron chi connectivity index (χ3n) is 1.49. The van der Waals surface area contributed by atoms with Crippen molar-refractivity contribution in [3.8, 4) is 0 Å². The SMILES string of the molecule is NCC(O)CSc1ncccc1N. The van der Waals surface area contributed by atoms with Gasteiger partial charge in [0.05, 0.1) is 11.8 Å². The lowest BCUT2D eigenvalue weighted by molar-refractivity contribution is 0.208. The summed E-state index contributed by atoms with van der Waals surface area (Å²) in [6.07, 6.45) is 1.18. The molecule has 1 aromatic heterocycles. The van der Waals surface area contributed by atoms with Crippen LogP contribution < -0.4 is 11.5 Å². The van der Waals surface area contributed by atoms with Crippen LogP contribution in [0.15, 0.2) is 23.4 Å². The van der Waals surface area contributed by atoms with Gasteiger partial charge in [-0.2, -0.15) is 0 Å². The number of pyridine rings is 1. The van der Waals surface area contributed by atoms with Crippen LogP contribution in [0.1, 0.15) is 0 Å². The number of hydrogen-bond acceptors (Lipinski definition) is 5. The Balaban J connectivity index is 2.50. The van der Waals surface area contributed by atoms with Crippen LogP contribution in [0.5, 0.6) is 0 Å². The summed E-state index contributed by atoms with van der Waals surface area (Å²) < 4.78 is 0. The van der Waals surface area contributed by atoms with Crippen molar-refractivity contribution in [2.24, 2.45) is 5.73 Å². The Kier molecular flexibility index (Phi) is 4.01. The van der Waals surface area contributed by atoms with E-state index in [0.717, 1.165) is 5.03 Å². The second-order valence-electron chi connectivity index (χ2n) is 2.60. The number of nitrogens with two attached hydrogens (primary N) is 2. The molecule has 0 spiro atoms. The summed E-state index contributed by atoms with van der Waals surface area (Å²) >= 11 is 1.41. The molecule has 0 amide bonds. The van der Waals surface area contributed by atoms with Crippen molar-refractivity contribution in [1.82, 2.24) is 4.98 Å². The van der Waals surface area contributed by atoms with E-state index >= 15 is 0 Å². The number of thioether (sulfide) groups is 1. The van der Waals surface area contributed by atoms with E-state index in [1.807, 2.05) is 0 Å². The molecule has 1 heterocycles. The van der Waals surface area contributed by atoms with Gasteiger partial charge < -0.3 is 16.6 Å². The molecule has 72 valence electrons. The lowest BCUT2D eigenvalue weighted by Crippen LogP contribution is -2.21. The summed E-state index contributed by atoms with van der Waals surface area (Å²) in [5, 5.41) is 9.94. The number of aliphatic hydroxyl groups is 1. The molecule has 4 nitrogen and oxygen atoms in total. The molecule has 0 bridgehead atoms. The van der Waals surface area contributed by atoms with Crippen molar-refractivity contribution >= 4 is 17.4 Å². The summed E-state index contributed by atoms with van der Waals surface area (Å²) in [4.78, 5) is 4.07. The predicted molar refractivity (Wildman–Crippen MR) is 54.4 cm³/mol. The lowest BCUT2D eigenvalue weighted by atomic mass is 10.4. The molecule has 1 aromatic rings. The minimum Gasteiger partial charge on any atom is -0.397 e. The first-order chi connectivity index (χ1) is 6.24. The van der Waals surface area contributed by atoms with Crippen molar-refractivity contribution in [3.63, 3.8) is 0 Å². The first-order valence-electron chi connectivity index (χ1n) is 3.95. The third-order valence-corrected chi connectivity index (χ3v) is 2.65. The Hall–Kier alpha value is -0.780. The van der Waals surface area contributed by atoms with E-state index in [0.29, 0.717) is 11.4 Å². The monoisotopic (exact) mass is 199 g/mol. The van der Waals surface area contributed by atoms with Crippen molar-refractivity contribution in [3.05, 3.63) is 18.3 Å². The Morgan fingerprint density at radius 2 is 2.38 bits per heavy atom. The zero-order valence-corrected chi connectivity index (χ0v) is 8.00. The van der Waals surface area contributed by atoms with Gasteiger partial charge in [-0.1, -0.05) is 0 Å². The normalized spacial score (nSPS) is 12.8. The maximum absolute atomic E-state index is 9.20. The van der Waals surface area contributed by atoms with Gasteiger partial charge in [0, 0.05) is 18.5 Å². The summed E-state index contributed by atoms with van der Waals surface area (Å²) in [6.45, 7) is 0.264. The summed E-state index contributed by atoms with van der Waals surface area (Å²) in [6, 6.07) is 3.56. The van der Waals surface area contributed by atoms with E-state index in [9.17, 15) is 5.11 Å². The predicted octanol–water partition coefficient (Wildman–Crippen LogP) is 0.0755. The second kappa shape index (κ2) is 5.06. The zero-order chi connectivity index (χ0) is 9.68. The first-order valence-corrected chi connectivity index (χ1v) is 4.94. The van der Waals surface area contributed by atoms with Gasteiger partial charge in [0.25, 0.3) is 0 Å². The van der Waals surface area contributed by atoms with E-state index in [-0.39, 0.29) is 6.54 Å². The highest BCUT2D eigenvalue weighted by Crippen LogP contribution is 2.21. The molecule has 1 rings (SSSR count). The molecule has 0 fully saturated rings. The van der Waals surface area contributed by atoms with Crippen molar-refractivity contribution in [1.29, 1.82) is 0 Å². The van der Waals surface area contributed by atoms with Crippen LogP contribution in [0.25, 0.3) is 0 Å². The van der Waals surface area contributed by atoms with Gasteiger partial charge in [-0.25, -0.2) is 4.98 Å². The summed E-state index contributed by atoms with van der Waals surface area (Å²) in [5.41, 5.74) is 11.5. The fraction of sp³-hybridized carbons (Fsp3) is 0.375. The Bertz CT molecular complexity index is 269. The van der Waals surface area contributed by atoms with Crippen molar-refractivity contribution in [2.45, 2.75) is 11.1 Å². The van der Waals surface area contributed by atoms with Crippen LogP contribution in [-0.2, 0) is 0 Å². The molecule has 0 saturated carbocycles. The van der Waals surface area contributed by atoms with Crippen LogP contribution in [0, 0.1) is 0 Å². The van der Waals surface area contributed by atoms with Gasteiger partial charge in [-0.15, -0.1) is 11.8 Å². The van der Waals surface area contributed by atoms with E-state index in [1.54, 1.807) is 18.3 Å². The van der Waals surface area contributed by atoms with Gasteiger partial charge in [0.1, 0.15) is 5.03 Å². The van der Waals surface area contributed by atoms with Crippen LogP contribution >= 0.6 is 11.8 Å². The van der Waals surface area contributed by atoms with Crippen LogP contribution in [-0.4, -0.2) is 28.5 Å². The molecule has 0 aromatic carbocycles. The number of nitrogens with zero attached hydrogens (tertiary/aromatic N) is 1. The summed E-state index contributed by atoms with van der Waals surface area (Å²) in [7, 11) is 0. The van der Waals surface area contributed by atoms with Crippen LogP contribution in [0.3, 0.4) is 0 Å². The molecule has 0 aliphatic heterocycles. The molecule has 0 saturated heterocycles. The molecule has 5 heteroatoms. The van der Waals surface area contributed by atoms with Gasteiger partial charge >= 0.3 is 0 Å². The Labute approximate surface area is 81.3 Å². The average molecular weight is 199 g/mol. The van der Waals surface area contributed by atoms with E-state index in [2.05, 4.69) is 4.98 Å². The topological polar surface area (TPSA) is 85.2 Å². The number of nitrogen functional groups attached to an aromatic ring is 1. The number of rotatable bonds is 4. The molecule has 13 heavy (non-hydrogen) atoms. The molecular formula is C8H13N3OS. The highest BCUT2D eigenvalue weighted by Gasteiger charge is 2.04. The van der Waals surface area contributed by atoms with E-state index < -0.39 is 6.10 Å². The number of anilines is 1. The number of aliphatic hydroxyl groups excluding tert-OH is 1. The Morgan fingerprint density at radius 3 is 3.00 bits per heavy atom. The highest BCUT2D eigenvalue weighted by molar-refractivity contribution is 7.99. The van der Waals surface area contributed by atoms with Crippen LogP contribution in [0.4, 0.5) is 5.69 Å². The molecule has 1 unspecified atom stereocenters. The molecule has 0 aliphatic carbocycles. The first kappa shape index (κ1) is 10.3. The van der Waals surface area contributed by atoms with E-state index in [4.69, 9.17) is 11.5 Å². The zero-order valence-electron chi connectivity index (χ0n) is 7.18. The Morgan fingerprint density at radius 1 is 1.62 bits per heavy atom. The number of hydrogen-bond donors (Lipinski definition) is 3. The largest absolute Gasteiger partial charge is 0.397 e. The van der Waals surface area contributed by atoms with Crippen molar-refractivity contribution in [2.75, 3.05) is 18.0 Å². The lowest BCUT2D eigenvalue weighted by Gasteiger charge is -2.07. The molecule has 5 N–H and O–H groups in total. The third kappa shape index (κ3) is 3.22. The van der Waals surface area contributed by atoms with Gasteiger partial charge in [-0.05, 0) is 12.1 Å². The molecular weight excluding hydrogens is 186 g/mol. The number of aromatic nitrogens is 1.